The Morgan fingerprint density at radius 2 is 1.50 bits per heavy atom. The summed E-state index contributed by atoms with van der Waals surface area (Å²) in [7, 11) is 1.61. The molecular formula is C20H15ClN2O3. The molecule has 0 aliphatic rings. The SMILES string of the molecule is COc1ccc(/C(=C/C=O)c2ccc(Oc3ccc(Cl)nn3)cc2)cc1. The average molecular weight is 367 g/mol. The second-order valence-electron chi connectivity index (χ2n) is 5.27. The van der Waals surface area contributed by atoms with Crippen molar-refractivity contribution in [2.24, 2.45) is 0 Å². The normalized spacial score (nSPS) is 11.1. The molecule has 6 heteroatoms. The third kappa shape index (κ3) is 4.26. The van der Waals surface area contributed by atoms with E-state index in [9.17, 15) is 4.79 Å². The fourth-order valence-corrected chi connectivity index (χ4v) is 2.48. The maximum atomic E-state index is 11.1. The van der Waals surface area contributed by atoms with E-state index in [4.69, 9.17) is 21.1 Å². The number of carbonyl (C=O) groups excluding carboxylic acids is 1. The topological polar surface area (TPSA) is 61.3 Å². The summed E-state index contributed by atoms with van der Waals surface area (Å²) in [5.41, 5.74) is 2.60. The van der Waals surface area contributed by atoms with E-state index < -0.39 is 0 Å². The summed E-state index contributed by atoms with van der Waals surface area (Å²) in [5.74, 6) is 1.71. The van der Waals surface area contributed by atoms with Crippen LogP contribution in [0.25, 0.3) is 5.57 Å². The summed E-state index contributed by atoms with van der Waals surface area (Å²) >= 11 is 5.71. The van der Waals surface area contributed by atoms with Gasteiger partial charge in [-0.25, -0.2) is 0 Å². The van der Waals surface area contributed by atoms with Gasteiger partial charge in [-0.3, -0.25) is 4.79 Å². The van der Waals surface area contributed by atoms with Crippen LogP contribution in [0.5, 0.6) is 17.4 Å². The van der Waals surface area contributed by atoms with Gasteiger partial charge in [0.05, 0.1) is 7.11 Å². The number of allylic oxidation sites excluding steroid dienone is 1. The van der Waals surface area contributed by atoms with Crippen molar-refractivity contribution in [3.05, 3.63) is 83.0 Å². The first kappa shape index (κ1) is 17.6. The van der Waals surface area contributed by atoms with Gasteiger partial charge in [0, 0.05) is 6.07 Å². The number of halogens is 1. The molecule has 0 amide bonds. The van der Waals surface area contributed by atoms with Crippen LogP contribution in [0.3, 0.4) is 0 Å². The van der Waals surface area contributed by atoms with Gasteiger partial charge in [0.1, 0.15) is 17.8 Å². The van der Waals surface area contributed by atoms with E-state index in [-0.39, 0.29) is 0 Å². The predicted octanol–water partition coefficient (Wildman–Crippen LogP) is 4.56. The van der Waals surface area contributed by atoms with Crippen LogP contribution < -0.4 is 9.47 Å². The molecule has 1 aromatic heterocycles. The van der Waals surface area contributed by atoms with Crippen LogP contribution in [0.4, 0.5) is 0 Å². The highest BCUT2D eigenvalue weighted by atomic mass is 35.5. The Morgan fingerprint density at radius 3 is 2.00 bits per heavy atom. The van der Waals surface area contributed by atoms with Crippen LogP contribution in [0.15, 0.2) is 66.7 Å². The second kappa shape index (κ2) is 8.27. The molecule has 0 saturated carbocycles. The standard InChI is InChI=1S/C20H15ClN2O3/c1-25-16-6-2-14(3-7-16)18(12-13-24)15-4-8-17(9-5-15)26-20-11-10-19(21)22-23-20/h2-13H,1H3/b18-12-. The van der Waals surface area contributed by atoms with Gasteiger partial charge in [-0.15, -0.1) is 10.2 Å². The Hall–Kier alpha value is -3.18. The molecule has 0 radical (unpaired) electrons. The van der Waals surface area contributed by atoms with Crippen molar-refractivity contribution in [1.29, 1.82) is 0 Å². The van der Waals surface area contributed by atoms with Gasteiger partial charge in [-0.2, -0.15) is 0 Å². The molecule has 0 bridgehead atoms. The number of rotatable bonds is 6. The van der Waals surface area contributed by atoms with E-state index in [2.05, 4.69) is 10.2 Å². The highest BCUT2D eigenvalue weighted by Gasteiger charge is 2.07. The molecule has 130 valence electrons. The zero-order valence-electron chi connectivity index (χ0n) is 13.9. The molecule has 0 unspecified atom stereocenters. The average Bonchev–Trinajstić information content (AvgIpc) is 2.69. The molecule has 26 heavy (non-hydrogen) atoms. The van der Waals surface area contributed by atoms with Gasteiger partial charge in [0.15, 0.2) is 5.15 Å². The molecule has 0 N–H and O–H groups in total. The van der Waals surface area contributed by atoms with Crippen molar-refractivity contribution in [1.82, 2.24) is 10.2 Å². The van der Waals surface area contributed by atoms with Crippen LogP contribution >= 0.6 is 11.6 Å². The lowest BCUT2D eigenvalue weighted by Crippen LogP contribution is -1.92. The summed E-state index contributed by atoms with van der Waals surface area (Å²) in [4.78, 5) is 11.1. The number of hydrogen-bond acceptors (Lipinski definition) is 5. The molecular weight excluding hydrogens is 352 g/mol. The smallest absolute Gasteiger partial charge is 0.238 e. The number of carbonyl (C=O) groups is 1. The fraction of sp³-hybridized carbons (Fsp3) is 0.0500. The van der Waals surface area contributed by atoms with E-state index in [0.29, 0.717) is 16.8 Å². The van der Waals surface area contributed by atoms with E-state index in [1.165, 1.54) is 6.08 Å². The highest BCUT2D eigenvalue weighted by Crippen LogP contribution is 2.27. The van der Waals surface area contributed by atoms with Gasteiger partial charge in [0.25, 0.3) is 0 Å². The molecule has 0 atom stereocenters. The number of benzene rings is 2. The fourth-order valence-electron chi connectivity index (χ4n) is 2.38. The zero-order chi connectivity index (χ0) is 18.4. The summed E-state index contributed by atoms with van der Waals surface area (Å²) in [6.07, 6.45) is 2.30. The largest absolute Gasteiger partial charge is 0.497 e. The number of nitrogens with zero attached hydrogens (tertiary/aromatic N) is 2. The molecule has 5 nitrogen and oxygen atoms in total. The van der Waals surface area contributed by atoms with Crippen molar-refractivity contribution in [3.63, 3.8) is 0 Å². The van der Waals surface area contributed by atoms with Gasteiger partial charge < -0.3 is 9.47 Å². The molecule has 2 aromatic carbocycles. The number of methoxy groups -OCH3 is 1. The molecule has 1 heterocycles. The predicted molar refractivity (Wildman–Crippen MR) is 99.7 cm³/mol. The molecule has 0 spiro atoms. The second-order valence-corrected chi connectivity index (χ2v) is 5.65. The number of ether oxygens (including phenoxy) is 2. The lowest BCUT2D eigenvalue weighted by molar-refractivity contribution is -0.104. The van der Waals surface area contributed by atoms with Crippen molar-refractivity contribution >= 4 is 23.5 Å². The first-order valence-electron chi connectivity index (χ1n) is 7.77. The van der Waals surface area contributed by atoms with Crippen LogP contribution in [-0.4, -0.2) is 23.6 Å². The van der Waals surface area contributed by atoms with Gasteiger partial charge >= 0.3 is 0 Å². The molecule has 0 saturated heterocycles. The molecule has 3 rings (SSSR count). The summed E-state index contributed by atoms with van der Waals surface area (Å²) in [5, 5.41) is 7.88. The number of hydrogen-bond donors (Lipinski definition) is 0. The van der Waals surface area contributed by atoms with Crippen LogP contribution in [0.2, 0.25) is 5.15 Å². The highest BCUT2D eigenvalue weighted by molar-refractivity contribution is 6.29. The Balaban J connectivity index is 1.83. The Bertz CT molecular complexity index is 905. The third-order valence-electron chi connectivity index (χ3n) is 3.63. The Kier molecular flexibility index (Phi) is 5.61. The maximum absolute atomic E-state index is 11.1. The molecule has 0 aliphatic heterocycles. The van der Waals surface area contributed by atoms with Crippen LogP contribution in [0, 0.1) is 0 Å². The number of aldehydes is 1. The van der Waals surface area contributed by atoms with Crippen LogP contribution in [-0.2, 0) is 4.79 Å². The first-order valence-corrected chi connectivity index (χ1v) is 8.15. The minimum absolute atomic E-state index is 0.302. The quantitative estimate of drug-likeness (QED) is 0.472. The maximum Gasteiger partial charge on any atom is 0.238 e. The van der Waals surface area contributed by atoms with E-state index in [1.807, 2.05) is 36.4 Å². The summed E-state index contributed by atoms with van der Waals surface area (Å²) in [6.45, 7) is 0. The Morgan fingerprint density at radius 1 is 0.885 bits per heavy atom. The summed E-state index contributed by atoms with van der Waals surface area (Å²) in [6, 6.07) is 18.1. The lowest BCUT2D eigenvalue weighted by atomic mass is 9.97. The molecule has 3 aromatic rings. The minimum atomic E-state index is 0.302. The van der Waals surface area contributed by atoms with Gasteiger partial charge in [-0.05, 0) is 53.1 Å². The molecule has 0 fully saturated rings. The third-order valence-corrected chi connectivity index (χ3v) is 3.83. The van der Waals surface area contributed by atoms with Crippen molar-refractivity contribution in [3.8, 4) is 17.4 Å². The first-order chi connectivity index (χ1) is 12.7. The van der Waals surface area contributed by atoms with Crippen molar-refractivity contribution < 1.29 is 14.3 Å². The summed E-state index contributed by atoms with van der Waals surface area (Å²) < 4.78 is 10.8. The van der Waals surface area contributed by atoms with Crippen molar-refractivity contribution in [2.75, 3.05) is 7.11 Å². The van der Waals surface area contributed by atoms with E-state index in [1.54, 1.807) is 31.4 Å². The van der Waals surface area contributed by atoms with Gasteiger partial charge in [0.2, 0.25) is 5.88 Å². The van der Waals surface area contributed by atoms with Crippen molar-refractivity contribution in [2.45, 2.75) is 0 Å². The van der Waals surface area contributed by atoms with Crippen LogP contribution in [0.1, 0.15) is 11.1 Å². The number of aromatic nitrogens is 2. The van der Waals surface area contributed by atoms with E-state index >= 15 is 0 Å². The molecule has 0 aliphatic carbocycles. The van der Waals surface area contributed by atoms with Gasteiger partial charge in [-0.1, -0.05) is 35.9 Å². The zero-order valence-corrected chi connectivity index (χ0v) is 14.7. The Labute approximate surface area is 155 Å². The lowest BCUT2D eigenvalue weighted by Gasteiger charge is -2.10. The van der Waals surface area contributed by atoms with E-state index in [0.717, 1.165) is 28.7 Å². The minimum Gasteiger partial charge on any atom is -0.497 e. The monoisotopic (exact) mass is 366 g/mol.